The second kappa shape index (κ2) is 7.79. The van der Waals surface area contributed by atoms with E-state index in [-0.39, 0.29) is 5.82 Å². The fourth-order valence-corrected chi connectivity index (χ4v) is 2.65. The Hall–Kier alpha value is -3.24. The van der Waals surface area contributed by atoms with Gasteiger partial charge in [-0.15, -0.1) is 0 Å². The summed E-state index contributed by atoms with van der Waals surface area (Å²) in [6, 6.07) is 9.41. The second-order valence-corrected chi connectivity index (χ2v) is 7.47. The maximum Gasteiger partial charge on any atom is 0.408 e. The minimum atomic E-state index is -0.606. The number of aromatic nitrogens is 1. The number of nitrogens with zero attached hydrogens (tertiary/aromatic N) is 2. The van der Waals surface area contributed by atoms with E-state index in [1.165, 1.54) is 12.1 Å². The van der Waals surface area contributed by atoms with E-state index in [4.69, 9.17) is 4.74 Å². The van der Waals surface area contributed by atoms with Crippen LogP contribution < -0.4 is 15.9 Å². The summed E-state index contributed by atoms with van der Waals surface area (Å²) in [6.07, 6.45) is 2.92. The zero-order chi connectivity index (χ0) is 20.3. The molecular formula is C22H22FN3O2. The number of hydrogen-bond donors (Lipinski definition) is 1. The predicted octanol–water partition coefficient (Wildman–Crippen LogP) is 3.11. The van der Waals surface area contributed by atoms with Gasteiger partial charge in [-0.2, -0.15) is 0 Å². The van der Waals surface area contributed by atoms with Crippen molar-refractivity contribution in [2.24, 2.45) is 4.99 Å². The number of pyridine rings is 1. The van der Waals surface area contributed by atoms with Crippen molar-refractivity contribution in [3.05, 3.63) is 76.1 Å². The van der Waals surface area contributed by atoms with E-state index in [1.807, 2.05) is 18.2 Å². The van der Waals surface area contributed by atoms with Gasteiger partial charge in [0.1, 0.15) is 17.1 Å². The lowest BCUT2D eigenvalue weighted by molar-refractivity contribution is 0.0515. The topological polar surface area (TPSA) is 63.6 Å². The average molecular weight is 379 g/mol. The molecule has 2 aromatic rings. The van der Waals surface area contributed by atoms with E-state index in [0.29, 0.717) is 27.5 Å². The molecule has 28 heavy (non-hydrogen) atoms. The van der Waals surface area contributed by atoms with Crippen molar-refractivity contribution in [3.8, 4) is 0 Å². The SMILES string of the molecule is CC(NC(=O)OC(C)(C)C)C1=C=C(c2ccccn2)C=c2cc(F)ccc2=N1. The minimum Gasteiger partial charge on any atom is -0.444 e. The van der Waals surface area contributed by atoms with Gasteiger partial charge in [0.2, 0.25) is 0 Å². The highest BCUT2D eigenvalue weighted by atomic mass is 19.1. The molecule has 0 spiro atoms. The molecule has 1 aliphatic rings. The molecule has 1 N–H and O–H groups in total. The van der Waals surface area contributed by atoms with Crippen molar-refractivity contribution >= 4 is 17.7 Å². The van der Waals surface area contributed by atoms with Gasteiger partial charge in [-0.05, 0) is 64.1 Å². The number of rotatable bonds is 3. The minimum absolute atomic E-state index is 0.353. The van der Waals surface area contributed by atoms with Gasteiger partial charge >= 0.3 is 6.09 Å². The molecule has 5 nitrogen and oxygen atoms in total. The number of amides is 1. The summed E-state index contributed by atoms with van der Waals surface area (Å²) in [6.45, 7) is 7.18. The third-order valence-corrected chi connectivity index (χ3v) is 3.88. The summed E-state index contributed by atoms with van der Waals surface area (Å²) in [4.78, 5) is 21.1. The van der Waals surface area contributed by atoms with Crippen LogP contribution in [0.25, 0.3) is 11.6 Å². The Morgan fingerprint density at radius 2 is 2.04 bits per heavy atom. The van der Waals surface area contributed by atoms with Crippen LogP contribution >= 0.6 is 0 Å². The highest BCUT2D eigenvalue weighted by Gasteiger charge is 2.20. The zero-order valence-electron chi connectivity index (χ0n) is 16.3. The molecule has 1 aromatic carbocycles. The molecule has 0 saturated heterocycles. The van der Waals surface area contributed by atoms with E-state index in [1.54, 1.807) is 46.0 Å². The first-order valence-corrected chi connectivity index (χ1v) is 8.99. The van der Waals surface area contributed by atoms with Crippen LogP contribution in [0, 0.1) is 5.82 Å². The third-order valence-electron chi connectivity index (χ3n) is 3.88. The van der Waals surface area contributed by atoms with Gasteiger partial charge < -0.3 is 10.1 Å². The van der Waals surface area contributed by atoms with Gasteiger partial charge in [-0.25, -0.2) is 14.2 Å². The summed E-state index contributed by atoms with van der Waals surface area (Å²) in [5.41, 5.74) is 4.44. The summed E-state index contributed by atoms with van der Waals surface area (Å²) in [7, 11) is 0. The van der Waals surface area contributed by atoms with Crippen LogP contribution in [0.4, 0.5) is 9.18 Å². The first-order valence-electron chi connectivity index (χ1n) is 8.99. The highest BCUT2D eigenvalue weighted by molar-refractivity contribution is 5.86. The molecule has 1 atom stereocenters. The number of hydrogen-bond acceptors (Lipinski definition) is 4. The molecule has 6 heteroatoms. The van der Waals surface area contributed by atoms with E-state index < -0.39 is 17.7 Å². The number of nitrogens with one attached hydrogen (secondary N) is 1. The molecule has 1 aliphatic heterocycles. The molecule has 0 radical (unpaired) electrons. The summed E-state index contributed by atoms with van der Waals surface area (Å²) in [5, 5.41) is 3.98. The highest BCUT2D eigenvalue weighted by Crippen LogP contribution is 2.16. The number of halogens is 1. The first kappa shape index (κ1) is 19.5. The third kappa shape index (κ3) is 4.93. The van der Waals surface area contributed by atoms with Gasteiger partial charge in [0.15, 0.2) is 0 Å². The number of carbonyl (C=O) groups excluding carboxylic acids is 1. The van der Waals surface area contributed by atoms with Crippen LogP contribution in [0.1, 0.15) is 33.4 Å². The van der Waals surface area contributed by atoms with Crippen LogP contribution in [0.2, 0.25) is 0 Å². The van der Waals surface area contributed by atoms with Crippen LogP contribution in [-0.2, 0) is 4.74 Å². The number of benzene rings is 1. The maximum absolute atomic E-state index is 13.8. The lowest BCUT2D eigenvalue weighted by Gasteiger charge is -2.21. The van der Waals surface area contributed by atoms with E-state index in [9.17, 15) is 9.18 Å². The normalized spacial score (nSPS) is 14.3. The molecule has 1 amide bonds. The van der Waals surface area contributed by atoms with Crippen molar-refractivity contribution in [3.63, 3.8) is 0 Å². The van der Waals surface area contributed by atoms with Crippen molar-refractivity contribution in [1.29, 1.82) is 0 Å². The van der Waals surface area contributed by atoms with Crippen LogP contribution in [0.3, 0.4) is 0 Å². The lowest BCUT2D eigenvalue weighted by Crippen LogP contribution is -2.38. The number of fused-ring (bicyclic) bond motifs is 1. The molecule has 2 heterocycles. The van der Waals surface area contributed by atoms with Crippen molar-refractivity contribution < 1.29 is 13.9 Å². The van der Waals surface area contributed by atoms with E-state index in [2.05, 4.69) is 21.0 Å². The number of alkyl carbamates (subject to hydrolysis) is 1. The monoisotopic (exact) mass is 379 g/mol. The summed E-state index contributed by atoms with van der Waals surface area (Å²) < 4.78 is 19.1. The van der Waals surface area contributed by atoms with Gasteiger partial charge in [0, 0.05) is 17.0 Å². The summed E-state index contributed by atoms with van der Waals surface area (Å²) in [5.74, 6) is -0.353. The number of carbonyl (C=O) groups is 1. The Balaban J connectivity index is 2.06. The predicted molar refractivity (Wildman–Crippen MR) is 105 cm³/mol. The Morgan fingerprint density at radius 1 is 1.25 bits per heavy atom. The zero-order valence-corrected chi connectivity index (χ0v) is 16.3. The fourth-order valence-electron chi connectivity index (χ4n) is 2.65. The molecule has 0 bridgehead atoms. The molecule has 0 saturated carbocycles. The molecule has 1 aromatic heterocycles. The lowest BCUT2D eigenvalue weighted by atomic mass is 10.1. The van der Waals surface area contributed by atoms with E-state index >= 15 is 0 Å². The molecule has 3 rings (SSSR count). The summed E-state index contributed by atoms with van der Waals surface area (Å²) >= 11 is 0. The van der Waals surface area contributed by atoms with Crippen molar-refractivity contribution in [2.75, 3.05) is 0 Å². The second-order valence-electron chi connectivity index (χ2n) is 7.47. The van der Waals surface area contributed by atoms with Crippen molar-refractivity contribution in [2.45, 2.75) is 39.3 Å². The maximum atomic E-state index is 13.8. The molecule has 0 aliphatic carbocycles. The van der Waals surface area contributed by atoms with Gasteiger partial charge in [0.25, 0.3) is 0 Å². The Labute approximate surface area is 163 Å². The van der Waals surface area contributed by atoms with Crippen LogP contribution in [0.5, 0.6) is 0 Å². The van der Waals surface area contributed by atoms with E-state index in [0.717, 1.165) is 0 Å². The Morgan fingerprint density at radius 3 is 2.71 bits per heavy atom. The Kier molecular flexibility index (Phi) is 5.43. The smallest absolute Gasteiger partial charge is 0.408 e. The largest absolute Gasteiger partial charge is 0.444 e. The molecule has 144 valence electrons. The molecule has 0 fully saturated rings. The van der Waals surface area contributed by atoms with Crippen molar-refractivity contribution in [1.82, 2.24) is 10.3 Å². The average Bonchev–Trinajstić information content (AvgIpc) is 2.80. The quantitative estimate of drug-likeness (QED) is 0.834. The fraction of sp³-hybridized carbons (Fsp3) is 0.273. The first-order chi connectivity index (χ1) is 13.2. The van der Waals surface area contributed by atoms with Gasteiger partial charge in [-0.3, -0.25) is 4.98 Å². The standard InChI is InChI=1S/C22H22FN3O2/c1-14(25-21(27)28-22(2,3)4)20-13-16(18-7-5-6-10-24-18)11-15-12-17(23)8-9-19(15)26-20/h5-12,14H,1-4H3,(H,25,27). The molecule has 1 unspecified atom stereocenters. The van der Waals surface area contributed by atoms with Gasteiger partial charge in [0.05, 0.1) is 17.1 Å². The molecular weight excluding hydrogens is 357 g/mol. The van der Waals surface area contributed by atoms with Crippen LogP contribution in [0.15, 0.2) is 59.0 Å². The Bertz CT molecular complexity index is 1080. The van der Waals surface area contributed by atoms with Gasteiger partial charge in [-0.1, -0.05) is 11.8 Å². The van der Waals surface area contributed by atoms with Crippen LogP contribution in [-0.4, -0.2) is 22.7 Å². The number of ether oxygens (including phenoxy) is 1.